The summed E-state index contributed by atoms with van der Waals surface area (Å²) in [7, 11) is 0. The van der Waals surface area contributed by atoms with Gasteiger partial charge in [-0.15, -0.1) is 0 Å². The van der Waals surface area contributed by atoms with Gasteiger partial charge in [-0.05, 0) is 47.1 Å². The molecule has 0 radical (unpaired) electrons. The molecule has 0 aliphatic carbocycles. The molecule has 0 bridgehead atoms. The molecule has 0 saturated heterocycles. The molecular formula is C21H26ClNO. The zero-order valence-corrected chi connectivity index (χ0v) is 15.5. The number of nitrogens with one attached hydrogen (secondary N) is 1. The van der Waals surface area contributed by atoms with Crippen molar-refractivity contribution >= 4 is 17.5 Å². The summed E-state index contributed by atoms with van der Waals surface area (Å²) in [5, 5.41) is 3.72. The lowest BCUT2D eigenvalue weighted by molar-refractivity contribution is -0.121. The minimum Gasteiger partial charge on any atom is -0.356 e. The highest BCUT2D eigenvalue weighted by atomic mass is 35.5. The fourth-order valence-corrected chi connectivity index (χ4v) is 2.64. The highest BCUT2D eigenvalue weighted by Crippen LogP contribution is 2.22. The van der Waals surface area contributed by atoms with Crippen molar-refractivity contribution in [3.05, 3.63) is 70.2 Å². The average Bonchev–Trinajstić information content (AvgIpc) is 2.54. The Balaban J connectivity index is 1.72. The van der Waals surface area contributed by atoms with E-state index in [1.165, 1.54) is 16.7 Å². The Morgan fingerprint density at radius 1 is 0.917 bits per heavy atom. The van der Waals surface area contributed by atoms with E-state index >= 15 is 0 Å². The molecule has 0 spiro atoms. The third-order valence-corrected chi connectivity index (χ3v) is 4.36. The van der Waals surface area contributed by atoms with Crippen LogP contribution < -0.4 is 5.32 Å². The monoisotopic (exact) mass is 343 g/mol. The first-order chi connectivity index (χ1) is 11.3. The average molecular weight is 344 g/mol. The number of amides is 1. The molecule has 0 heterocycles. The van der Waals surface area contributed by atoms with Crippen LogP contribution in [0.5, 0.6) is 0 Å². The molecule has 0 aliphatic rings. The van der Waals surface area contributed by atoms with Gasteiger partial charge in [0.15, 0.2) is 0 Å². The second-order valence-electron chi connectivity index (χ2n) is 7.17. The molecule has 0 fully saturated rings. The SMILES string of the molecule is CC(C)(C)c1ccc(CCC(=O)NCCc2ccc(Cl)cc2)cc1. The van der Waals surface area contributed by atoms with Crippen LogP contribution in [0.15, 0.2) is 48.5 Å². The Morgan fingerprint density at radius 3 is 2.04 bits per heavy atom. The first kappa shape index (κ1) is 18.5. The Morgan fingerprint density at radius 2 is 1.46 bits per heavy atom. The molecule has 0 aromatic heterocycles. The minimum atomic E-state index is 0.101. The van der Waals surface area contributed by atoms with Gasteiger partial charge in [0.2, 0.25) is 5.91 Å². The maximum Gasteiger partial charge on any atom is 0.220 e. The van der Waals surface area contributed by atoms with E-state index in [-0.39, 0.29) is 11.3 Å². The van der Waals surface area contributed by atoms with E-state index in [0.717, 1.165) is 17.9 Å². The van der Waals surface area contributed by atoms with E-state index in [1.54, 1.807) is 0 Å². The lowest BCUT2D eigenvalue weighted by Crippen LogP contribution is -2.25. The van der Waals surface area contributed by atoms with Gasteiger partial charge >= 0.3 is 0 Å². The third-order valence-electron chi connectivity index (χ3n) is 4.11. The molecule has 2 nitrogen and oxygen atoms in total. The van der Waals surface area contributed by atoms with Gasteiger partial charge in [-0.1, -0.05) is 68.8 Å². The normalized spacial score (nSPS) is 11.3. The number of hydrogen-bond donors (Lipinski definition) is 1. The number of carbonyl (C=O) groups excluding carboxylic acids is 1. The van der Waals surface area contributed by atoms with Gasteiger partial charge in [-0.3, -0.25) is 4.79 Å². The third kappa shape index (κ3) is 6.01. The topological polar surface area (TPSA) is 29.1 Å². The number of benzene rings is 2. The molecule has 0 atom stereocenters. The molecule has 2 aromatic rings. The van der Waals surface area contributed by atoms with Crippen molar-refractivity contribution in [3.63, 3.8) is 0 Å². The highest BCUT2D eigenvalue weighted by molar-refractivity contribution is 6.30. The van der Waals surface area contributed by atoms with Crippen LogP contribution in [0.2, 0.25) is 5.02 Å². The van der Waals surface area contributed by atoms with Gasteiger partial charge in [0.1, 0.15) is 0 Å². The van der Waals surface area contributed by atoms with Crippen molar-refractivity contribution in [3.8, 4) is 0 Å². The first-order valence-electron chi connectivity index (χ1n) is 8.45. The van der Waals surface area contributed by atoms with Crippen LogP contribution in [0.25, 0.3) is 0 Å². The summed E-state index contributed by atoms with van der Waals surface area (Å²) < 4.78 is 0. The summed E-state index contributed by atoms with van der Waals surface area (Å²) in [4.78, 5) is 12.0. The standard InChI is InChI=1S/C21H26ClNO/c1-21(2,3)18-9-4-16(5-10-18)8-13-20(24)23-15-14-17-6-11-19(22)12-7-17/h4-7,9-12H,8,13-15H2,1-3H3,(H,23,24). The van der Waals surface area contributed by atoms with E-state index in [0.29, 0.717) is 13.0 Å². The van der Waals surface area contributed by atoms with E-state index in [9.17, 15) is 4.79 Å². The van der Waals surface area contributed by atoms with E-state index in [1.807, 2.05) is 24.3 Å². The number of hydrogen-bond acceptors (Lipinski definition) is 1. The van der Waals surface area contributed by atoms with Crippen molar-refractivity contribution in [1.82, 2.24) is 5.32 Å². The van der Waals surface area contributed by atoms with Gasteiger partial charge < -0.3 is 5.32 Å². The van der Waals surface area contributed by atoms with Crippen molar-refractivity contribution in [2.75, 3.05) is 6.54 Å². The van der Waals surface area contributed by atoms with E-state index < -0.39 is 0 Å². The van der Waals surface area contributed by atoms with Gasteiger partial charge in [-0.2, -0.15) is 0 Å². The molecule has 3 heteroatoms. The Labute approximate surface area is 150 Å². The highest BCUT2D eigenvalue weighted by Gasteiger charge is 2.12. The molecule has 1 N–H and O–H groups in total. The van der Waals surface area contributed by atoms with Crippen LogP contribution in [0.3, 0.4) is 0 Å². The maximum absolute atomic E-state index is 12.0. The fourth-order valence-electron chi connectivity index (χ4n) is 2.51. The van der Waals surface area contributed by atoms with Gasteiger partial charge in [0.05, 0.1) is 0 Å². The van der Waals surface area contributed by atoms with Gasteiger partial charge in [-0.25, -0.2) is 0 Å². The molecule has 2 rings (SSSR count). The first-order valence-corrected chi connectivity index (χ1v) is 8.83. The molecule has 2 aromatic carbocycles. The van der Waals surface area contributed by atoms with Crippen LogP contribution in [0.1, 0.15) is 43.9 Å². The van der Waals surface area contributed by atoms with E-state index in [2.05, 4.69) is 50.4 Å². The van der Waals surface area contributed by atoms with Crippen LogP contribution in [0, 0.1) is 0 Å². The minimum absolute atomic E-state index is 0.101. The Bertz CT molecular complexity index is 654. The van der Waals surface area contributed by atoms with Crippen LogP contribution in [0.4, 0.5) is 0 Å². The van der Waals surface area contributed by atoms with Crippen LogP contribution in [-0.2, 0) is 23.1 Å². The van der Waals surface area contributed by atoms with Crippen molar-refractivity contribution in [2.24, 2.45) is 0 Å². The molecule has 0 aliphatic heterocycles. The van der Waals surface area contributed by atoms with Crippen LogP contribution in [-0.4, -0.2) is 12.5 Å². The molecule has 0 saturated carbocycles. The molecule has 24 heavy (non-hydrogen) atoms. The van der Waals surface area contributed by atoms with Crippen LogP contribution >= 0.6 is 11.6 Å². The second kappa shape index (κ2) is 8.34. The second-order valence-corrected chi connectivity index (χ2v) is 7.61. The van der Waals surface area contributed by atoms with Crippen molar-refractivity contribution < 1.29 is 4.79 Å². The number of aryl methyl sites for hydroxylation is 1. The maximum atomic E-state index is 12.0. The zero-order valence-electron chi connectivity index (χ0n) is 14.7. The Hall–Kier alpha value is -1.80. The Kier molecular flexibility index (Phi) is 6.44. The van der Waals surface area contributed by atoms with Crippen molar-refractivity contribution in [2.45, 2.75) is 45.4 Å². The smallest absolute Gasteiger partial charge is 0.220 e. The summed E-state index contributed by atoms with van der Waals surface area (Å²) >= 11 is 5.86. The summed E-state index contributed by atoms with van der Waals surface area (Å²) in [6, 6.07) is 16.3. The molecule has 128 valence electrons. The predicted octanol–water partition coefficient (Wildman–Crippen LogP) is 4.93. The quantitative estimate of drug-likeness (QED) is 0.791. The lowest BCUT2D eigenvalue weighted by Gasteiger charge is -2.19. The lowest BCUT2D eigenvalue weighted by atomic mass is 9.86. The molecular weight excluding hydrogens is 318 g/mol. The summed E-state index contributed by atoms with van der Waals surface area (Å²) in [6.45, 7) is 7.27. The summed E-state index contributed by atoms with van der Waals surface area (Å²) in [5.74, 6) is 0.101. The number of carbonyl (C=O) groups is 1. The fraction of sp³-hybridized carbons (Fsp3) is 0.381. The summed E-state index contributed by atoms with van der Waals surface area (Å²) in [6.07, 6.45) is 2.12. The largest absolute Gasteiger partial charge is 0.356 e. The zero-order chi connectivity index (χ0) is 17.6. The predicted molar refractivity (Wildman–Crippen MR) is 102 cm³/mol. The van der Waals surface area contributed by atoms with E-state index in [4.69, 9.17) is 11.6 Å². The number of halogens is 1. The van der Waals surface area contributed by atoms with Gasteiger partial charge in [0, 0.05) is 18.0 Å². The van der Waals surface area contributed by atoms with Crippen molar-refractivity contribution in [1.29, 1.82) is 0 Å². The summed E-state index contributed by atoms with van der Waals surface area (Å²) in [5.41, 5.74) is 3.87. The molecule has 1 amide bonds. The van der Waals surface area contributed by atoms with Gasteiger partial charge in [0.25, 0.3) is 0 Å². The number of rotatable bonds is 6. The molecule has 0 unspecified atom stereocenters.